The molecular weight excluding hydrogens is 314 g/mol. The summed E-state index contributed by atoms with van der Waals surface area (Å²) in [6, 6.07) is 18.4. The fraction of sp³-hybridized carbons (Fsp3) is 0.150. The number of anilines is 1. The van der Waals surface area contributed by atoms with Crippen LogP contribution in [0, 0.1) is 6.92 Å². The van der Waals surface area contributed by atoms with Crippen molar-refractivity contribution >= 4 is 11.6 Å². The number of nitrogens with one attached hydrogen (secondary N) is 1. The Morgan fingerprint density at radius 2 is 1.76 bits per heavy atom. The van der Waals surface area contributed by atoms with Crippen LogP contribution in [-0.2, 0) is 18.3 Å². The van der Waals surface area contributed by atoms with Crippen LogP contribution in [0.15, 0.2) is 65.5 Å². The molecule has 1 N–H and O–H groups in total. The molecule has 5 heteroatoms. The van der Waals surface area contributed by atoms with Gasteiger partial charge in [0.05, 0.1) is 17.8 Å². The maximum Gasteiger partial charge on any atom is 0.266 e. The molecule has 1 amide bonds. The Kier molecular flexibility index (Phi) is 4.75. The molecule has 126 valence electrons. The Bertz CT molecular complexity index is 976. The zero-order valence-corrected chi connectivity index (χ0v) is 14.2. The van der Waals surface area contributed by atoms with Crippen LogP contribution in [0.4, 0.5) is 5.69 Å². The second-order valence-electron chi connectivity index (χ2n) is 5.88. The SMILES string of the molecule is Cc1ccccc1CC(=O)Nc1ccccc1-c1ccc(=O)n(C)n1. The molecule has 5 nitrogen and oxygen atoms in total. The normalized spacial score (nSPS) is 10.5. The average Bonchev–Trinajstić information content (AvgIpc) is 2.60. The number of rotatable bonds is 4. The molecule has 3 aromatic rings. The molecule has 1 heterocycles. The smallest absolute Gasteiger partial charge is 0.266 e. The summed E-state index contributed by atoms with van der Waals surface area (Å²) >= 11 is 0. The van der Waals surface area contributed by atoms with Crippen molar-refractivity contribution in [1.82, 2.24) is 9.78 Å². The highest BCUT2D eigenvalue weighted by Crippen LogP contribution is 2.25. The standard InChI is InChI=1S/C20H19N3O2/c1-14-7-3-4-8-15(14)13-19(24)21-17-10-6-5-9-16(17)18-11-12-20(25)23(2)22-18/h3-12H,13H2,1-2H3,(H,21,24). The first-order chi connectivity index (χ1) is 12.0. The third-order valence-corrected chi connectivity index (χ3v) is 4.05. The largest absolute Gasteiger partial charge is 0.325 e. The van der Waals surface area contributed by atoms with E-state index in [0.717, 1.165) is 16.7 Å². The minimum absolute atomic E-state index is 0.0911. The number of aromatic nitrogens is 2. The minimum Gasteiger partial charge on any atom is -0.325 e. The van der Waals surface area contributed by atoms with Gasteiger partial charge in [0.25, 0.3) is 5.56 Å². The van der Waals surface area contributed by atoms with Crippen molar-refractivity contribution in [3.63, 3.8) is 0 Å². The van der Waals surface area contributed by atoms with Crippen LogP contribution >= 0.6 is 0 Å². The molecule has 3 rings (SSSR count). The molecule has 0 aliphatic rings. The van der Waals surface area contributed by atoms with Crippen LogP contribution < -0.4 is 10.9 Å². The molecule has 0 unspecified atom stereocenters. The first-order valence-electron chi connectivity index (χ1n) is 8.03. The van der Waals surface area contributed by atoms with Crippen LogP contribution in [0.25, 0.3) is 11.3 Å². The van der Waals surface area contributed by atoms with Gasteiger partial charge in [-0.3, -0.25) is 9.59 Å². The number of hydrogen-bond donors (Lipinski definition) is 1. The lowest BCUT2D eigenvalue weighted by Crippen LogP contribution is -2.19. The van der Waals surface area contributed by atoms with E-state index >= 15 is 0 Å². The van der Waals surface area contributed by atoms with E-state index in [9.17, 15) is 9.59 Å². The van der Waals surface area contributed by atoms with Crippen LogP contribution in [0.1, 0.15) is 11.1 Å². The van der Waals surface area contributed by atoms with Crippen molar-refractivity contribution in [2.24, 2.45) is 7.05 Å². The molecule has 0 bridgehead atoms. The molecular formula is C20H19N3O2. The van der Waals surface area contributed by atoms with Crippen molar-refractivity contribution in [2.45, 2.75) is 13.3 Å². The highest BCUT2D eigenvalue weighted by Gasteiger charge is 2.11. The van der Waals surface area contributed by atoms with E-state index in [2.05, 4.69) is 10.4 Å². The van der Waals surface area contributed by atoms with E-state index in [0.29, 0.717) is 17.8 Å². The zero-order chi connectivity index (χ0) is 17.8. The molecule has 2 aromatic carbocycles. The number of hydrogen-bond acceptors (Lipinski definition) is 3. The number of aryl methyl sites for hydroxylation is 2. The third kappa shape index (κ3) is 3.83. The Morgan fingerprint density at radius 3 is 2.52 bits per heavy atom. The fourth-order valence-electron chi connectivity index (χ4n) is 2.64. The van der Waals surface area contributed by atoms with Gasteiger partial charge in [-0.2, -0.15) is 5.10 Å². The number of carbonyl (C=O) groups is 1. The van der Waals surface area contributed by atoms with Crippen molar-refractivity contribution < 1.29 is 4.79 Å². The molecule has 0 atom stereocenters. The van der Waals surface area contributed by atoms with E-state index in [4.69, 9.17) is 0 Å². The van der Waals surface area contributed by atoms with E-state index in [1.165, 1.54) is 10.7 Å². The lowest BCUT2D eigenvalue weighted by atomic mass is 10.0. The van der Waals surface area contributed by atoms with Crippen molar-refractivity contribution in [3.8, 4) is 11.3 Å². The molecule has 0 saturated heterocycles. The number of para-hydroxylation sites is 1. The molecule has 0 saturated carbocycles. The van der Waals surface area contributed by atoms with Gasteiger partial charge in [0.2, 0.25) is 5.91 Å². The van der Waals surface area contributed by atoms with Crippen molar-refractivity contribution in [3.05, 3.63) is 82.1 Å². The van der Waals surface area contributed by atoms with E-state index in [1.54, 1.807) is 13.1 Å². The molecule has 1 aromatic heterocycles. The van der Waals surface area contributed by atoms with Crippen LogP contribution in [0.3, 0.4) is 0 Å². The zero-order valence-electron chi connectivity index (χ0n) is 14.2. The van der Waals surface area contributed by atoms with Crippen LogP contribution in [0.5, 0.6) is 0 Å². The Hall–Kier alpha value is -3.21. The first kappa shape index (κ1) is 16.6. The maximum absolute atomic E-state index is 12.5. The van der Waals surface area contributed by atoms with Gasteiger partial charge in [-0.15, -0.1) is 0 Å². The van der Waals surface area contributed by atoms with Gasteiger partial charge in [0.15, 0.2) is 0 Å². The summed E-state index contributed by atoms with van der Waals surface area (Å²) in [5.74, 6) is -0.0911. The Labute approximate surface area is 145 Å². The van der Waals surface area contributed by atoms with Gasteiger partial charge in [-0.25, -0.2) is 4.68 Å². The van der Waals surface area contributed by atoms with E-state index in [1.807, 2.05) is 55.5 Å². The second-order valence-corrected chi connectivity index (χ2v) is 5.88. The van der Waals surface area contributed by atoms with Gasteiger partial charge in [-0.1, -0.05) is 42.5 Å². The van der Waals surface area contributed by atoms with Crippen molar-refractivity contribution in [1.29, 1.82) is 0 Å². The van der Waals surface area contributed by atoms with Crippen LogP contribution in [-0.4, -0.2) is 15.7 Å². The summed E-state index contributed by atoms with van der Waals surface area (Å²) < 4.78 is 1.28. The minimum atomic E-state index is -0.176. The highest BCUT2D eigenvalue weighted by molar-refractivity contribution is 5.96. The summed E-state index contributed by atoms with van der Waals surface area (Å²) in [5.41, 5.74) is 3.99. The number of benzene rings is 2. The molecule has 0 aliphatic carbocycles. The van der Waals surface area contributed by atoms with Gasteiger partial charge >= 0.3 is 0 Å². The van der Waals surface area contributed by atoms with E-state index < -0.39 is 0 Å². The molecule has 25 heavy (non-hydrogen) atoms. The summed E-state index contributed by atoms with van der Waals surface area (Å²) in [5, 5.41) is 7.21. The van der Waals surface area contributed by atoms with Gasteiger partial charge < -0.3 is 5.32 Å². The molecule has 0 spiro atoms. The predicted octanol–water partition coefficient (Wildman–Crippen LogP) is 2.94. The average molecular weight is 333 g/mol. The monoisotopic (exact) mass is 333 g/mol. The molecule has 0 fully saturated rings. The number of carbonyl (C=O) groups excluding carboxylic acids is 1. The highest BCUT2D eigenvalue weighted by atomic mass is 16.1. The van der Waals surface area contributed by atoms with Crippen molar-refractivity contribution in [2.75, 3.05) is 5.32 Å². The van der Waals surface area contributed by atoms with E-state index in [-0.39, 0.29) is 11.5 Å². The second kappa shape index (κ2) is 7.13. The Balaban J connectivity index is 1.86. The van der Waals surface area contributed by atoms with Gasteiger partial charge in [0, 0.05) is 18.7 Å². The summed E-state index contributed by atoms with van der Waals surface area (Å²) in [6.07, 6.45) is 0.307. The Morgan fingerprint density at radius 1 is 1.04 bits per heavy atom. The topological polar surface area (TPSA) is 64.0 Å². The quantitative estimate of drug-likeness (QED) is 0.798. The molecule has 0 aliphatic heterocycles. The third-order valence-electron chi connectivity index (χ3n) is 4.05. The van der Waals surface area contributed by atoms with Crippen LogP contribution in [0.2, 0.25) is 0 Å². The predicted molar refractivity (Wildman–Crippen MR) is 98.4 cm³/mol. The van der Waals surface area contributed by atoms with Gasteiger partial charge in [-0.05, 0) is 30.2 Å². The summed E-state index contributed by atoms with van der Waals surface area (Å²) in [7, 11) is 1.60. The number of nitrogens with zero attached hydrogens (tertiary/aromatic N) is 2. The molecule has 0 radical (unpaired) electrons. The number of amides is 1. The maximum atomic E-state index is 12.5. The summed E-state index contributed by atoms with van der Waals surface area (Å²) in [4.78, 5) is 24.0. The lowest BCUT2D eigenvalue weighted by molar-refractivity contribution is -0.115. The fourth-order valence-corrected chi connectivity index (χ4v) is 2.64. The lowest BCUT2D eigenvalue weighted by Gasteiger charge is -2.12. The first-order valence-corrected chi connectivity index (χ1v) is 8.03. The summed E-state index contributed by atoms with van der Waals surface area (Å²) in [6.45, 7) is 1.99. The van der Waals surface area contributed by atoms with Gasteiger partial charge in [0.1, 0.15) is 0 Å².